The van der Waals surface area contributed by atoms with Gasteiger partial charge in [0.2, 0.25) is 0 Å². The van der Waals surface area contributed by atoms with Crippen LogP contribution in [0.25, 0.3) is 0 Å². The quantitative estimate of drug-likeness (QED) is 0.738. The summed E-state index contributed by atoms with van der Waals surface area (Å²) in [5.74, 6) is 3.08. The SMILES string of the molecule is Cc1ccc(C(=O)O)cc1C#CCC(=O)O. The molecule has 0 spiro atoms. The molecular formula is C12H10O4. The summed E-state index contributed by atoms with van der Waals surface area (Å²) in [5, 5.41) is 17.2. The van der Waals surface area contributed by atoms with E-state index in [0.717, 1.165) is 5.56 Å². The van der Waals surface area contributed by atoms with Gasteiger partial charge in [-0.1, -0.05) is 17.9 Å². The lowest BCUT2D eigenvalue weighted by Gasteiger charge is -1.99. The van der Waals surface area contributed by atoms with Gasteiger partial charge < -0.3 is 10.2 Å². The summed E-state index contributed by atoms with van der Waals surface area (Å²) < 4.78 is 0. The second-order valence-corrected chi connectivity index (χ2v) is 3.21. The van der Waals surface area contributed by atoms with E-state index in [1.807, 2.05) is 0 Å². The molecule has 2 N–H and O–H groups in total. The topological polar surface area (TPSA) is 74.6 Å². The van der Waals surface area contributed by atoms with Crippen molar-refractivity contribution in [2.24, 2.45) is 0 Å². The van der Waals surface area contributed by atoms with Gasteiger partial charge in [0.1, 0.15) is 6.42 Å². The lowest BCUT2D eigenvalue weighted by Crippen LogP contribution is -1.97. The molecule has 0 unspecified atom stereocenters. The summed E-state index contributed by atoms with van der Waals surface area (Å²) >= 11 is 0. The van der Waals surface area contributed by atoms with Crippen molar-refractivity contribution >= 4 is 11.9 Å². The van der Waals surface area contributed by atoms with Gasteiger partial charge in [0, 0.05) is 5.56 Å². The molecule has 0 aliphatic carbocycles. The number of benzene rings is 1. The number of hydrogen-bond donors (Lipinski definition) is 2. The molecule has 0 atom stereocenters. The van der Waals surface area contributed by atoms with Gasteiger partial charge in [-0.3, -0.25) is 4.79 Å². The van der Waals surface area contributed by atoms with E-state index in [-0.39, 0.29) is 12.0 Å². The zero-order valence-electron chi connectivity index (χ0n) is 8.65. The number of aliphatic carboxylic acids is 1. The molecule has 0 radical (unpaired) electrons. The van der Waals surface area contributed by atoms with Crippen LogP contribution in [0.3, 0.4) is 0 Å². The summed E-state index contributed by atoms with van der Waals surface area (Å²) in [7, 11) is 0. The second-order valence-electron chi connectivity index (χ2n) is 3.21. The van der Waals surface area contributed by atoms with E-state index in [0.29, 0.717) is 5.56 Å². The fourth-order valence-electron chi connectivity index (χ4n) is 1.10. The average molecular weight is 218 g/mol. The Bertz CT molecular complexity index is 491. The third-order valence-corrected chi connectivity index (χ3v) is 1.95. The molecule has 4 nitrogen and oxygen atoms in total. The Labute approximate surface area is 92.5 Å². The molecule has 0 aliphatic heterocycles. The van der Waals surface area contributed by atoms with Gasteiger partial charge in [-0.2, -0.15) is 0 Å². The molecule has 0 fully saturated rings. The first kappa shape index (κ1) is 11.8. The van der Waals surface area contributed by atoms with E-state index in [9.17, 15) is 9.59 Å². The number of aromatic carboxylic acids is 1. The molecule has 0 heterocycles. The van der Waals surface area contributed by atoms with Crippen LogP contribution >= 0.6 is 0 Å². The number of carbonyl (C=O) groups is 2. The van der Waals surface area contributed by atoms with Gasteiger partial charge in [0.25, 0.3) is 0 Å². The Hall–Kier alpha value is -2.28. The van der Waals surface area contributed by atoms with Crippen LogP contribution in [0.4, 0.5) is 0 Å². The predicted molar refractivity (Wildman–Crippen MR) is 57.3 cm³/mol. The van der Waals surface area contributed by atoms with E-state index < -0.39 is 11.9 Å². The van der Waals surface area contributed by atoms with E-state index >= 15 is 0 Å². The number of hydrogen-bond acceptors (Lipinski definition) is 2. The van der Waals surface area contributed by atoms with E-state index in [4.69, 9.17) is 10.2 Å². The van der Waals surface area contributed by atoms with E-state index in [2.05, 4.69) is 11.8 Å². The summed E-state index contributed by atoms with van der Waals surface area (Å²) in [4.78, 5) is 21.0. The van der Waals surface area contributed by atoms with Crippen molar-refractivity contribution in [2.75, 3.05) is 0 Å². The third kappa shape index (κ3) is 3.14. The molecule has 0 saturated heterocycles. The Kier molecular flexibility index (Phi) is 3.67. The van der Waals surface area contributed by atoms with Crippen LogP contribution in [0.1, 0.15) is 27.9 Å². The van der Waals surface area contributed by atoms with Gasteiger partial charge in [-0.25, -0.2) is 4.79 Å². The van der Waals surface area contributed by atoms with E-state index in [1.54, 1.807) is 13.0 Å². The average Bonchev–Trinajstić information content (AvgIpc) is 2.20. The zero-order chi connectivity index (χ0) is 12.1. The molecule has 0 saturated carbocycles. The number of rotatable bonds is 2. The van der Waals surface area contributed by atoms with Gasteiger partial charge in [0.15, 0.2) is 0 Å². The molecule has 82 valence electrons. The minimum absolute atomic E-state index is 0.144. The first-order chi connectivity index (χ1) is 7.50. The highest BCUT2D eigenvalue weighted by Crippen LogP contribution is 2.10. The summed E-state index contributed by atoms with van der Waals surface area (Å²) in [6, 6.07) is 4.57. The molecule has 0 aliphatic rings. The minimum atomic E-state index is -1.03. The van der Waals surface area contributed by atoms with Crippen LogP contribution in [0.15, 0.2) is 18.2 Å². The van der Waals surface area contributed by atoms with Gasteiger partial charge in [-0.05, 0) is 24.6 Å². The fraction of sp³-hybridized carbons (Fsp3) is 0.167. The van der Waals surface area contributed by atoms with Crippen molar-refractivity contribution in [3.8, 4) is 11.8 Å². The normalized spacial score (nSPS) is 9.06. The van der Waals surface area contributed by atoms with Crippen molar-refractivity contribution in [1.29, 1.82) is 0 Å². The smallest absolute Gasteiger partial charge is 0.335 e. The molecular weight excluding hydrogens is 208 g/mol. The van der Waals surface area contributed by atoms with Crippen LogP contribution in [-0.2, 0) is 4.79 Å². The van der Waals surface area contributed by atoms with Crippen LogP contribution in [0.5, 0.6) is 0 Å². The maximum Gasteiger partial charge on any atom is 0.335 e. The van der Waals surface area contributed by atoms with Crippen molar-refractivity contribution in [3.05, 3.63) is 34.9 Å². The fourth-order valence-corrected chi connectivity index (χ4v) is 1.10. The maximum atomic E-state index is 10.7. The molecule has 1 aromatic rings. The lowest BCUT2D eigenvalue weighted by molar-refractivity contribution is -0.135. The molecule has 1 rings (SSSR count). The highest BCUT2D eigenvalue weighted by atomic mass is 16.4. The molecule has 0 amide bonds. The Morgan fingerprint density at radius 3 is 2.56 bits per heavy atom. The number of carboxylic acid groups (broad SMARTS) is 2. The van der Waals surface area contributed by atoms with Crippen molar-refractivity contribution in [1.82, 2.24) is 0 Å². The van der Waals surface area contributed by atoms with Crippen LogP contribution in [0.2, 0.25) is 0 Å². The third-order valence-electron chi connectivity index (χ3n) is 1.95. The molecule has 4 heteroatoms. The van der Waals surface area contributed by atoms with Crippen LogP contribution in [-0.4, -0.2) is 22.2 Å². The lowest BCUT2D eigenvalue weighted by atomic mass is 10.1. The Balaban J connectivity index is 3.01. The molecule has 0 bridgehead atoms. The summed E-state index contributed by atoms with van der Waals surface area (Å²) in [6.45, 7) is 1.79. The largest absolute Gasteiger partial charge is 0.481 e. The monoisotopic (exact) mass is 218 g/mol. The molecule has 1 aromatic carbocycles. The minimum Gasteiger partial charge on any atom is -0.481 e. The summed E-state index contributed by atoms with van der Waals surface area (Å²) in [5.41, 5.74) is 1.51. The van der Waals surface area contributed by atoms with Crippen molar-refractivity contribution < 1.29 is 19.8 Å². The zero-order valence-corrected chi connectivity index (χ0v) is 8.65. The van der Waals surface area contributed by atoms with Gasteiger partial charge >= 0.3 is 11.9 Å². The van der Waals surface area contributed by atoms with Crippen molar-refractivity contribution in [3.63, 3.8) is 0 Å². The maximum absolute atomic E-state index is 10.7. The molecule has 16 heavy (non-hydrogen) atoms. The second kappa shape index (κ2) is 4.99. The first-order valence-electron chi connectivity index (χ1n) is 4.55. The highest BCUT2D eigenvalue weighted by molar-refractivity contribution is 5.88. The summed E-state index contributed by atoms with van der Waals surface area (Å²) in [6.07, 6.45) is -0.253. The Morgan fingerprint density at radius 2 is 2.00 bits per heavy atom. The van der Waals surface area contributed by atoms with Gasteiger partial charge in [-0.15, -0.1) is 0 Å². The number of carboxylic acids is 2. The molecule has 0 aromatic heterocycles. The number of aryl methyl sites for hydroxylation is 1. The first-order valence-corrected chi connectivity index (χ1v) is 4.55. The standard InChI is InChI=1S/C12H10O4/c1-8-5-6-10(12(15)16)7-9(8)3-2-4-11(13)14/h5-7H,4H2,1H3,(H,13,14)(H,15,16). The Morgan fingerprint density at radius 1 is 1.31 bits per heavy atom. The predicted octanol–water partition coefficient (Wildman–Crippen LogP) is 1.52. The van der Waals surface area contributed by atoms with Crippen LogP contribution < -0.4 is 0 Å². The van der Waals surface area contributed by atoms with Gasteiger partial charge in [0.05, 0.1) is 5.56 Å². The highest BCUT2D eigenvalue weighted by Gasteiger charge is 2.04. The van der Waals surface area contributed by atoms with E-state index in [1.165, 1.54) is 12.1 Å². The van der Waals surface area contributed by atoms with Crippen molar-refractivity contribution in [2.45, 2.75) is 13.3 Å². The van der Waals surface area contributed by atoms with Crippen LogP contribution in [0, 0.1) is 18.8 Å².